The molecule has 0 bridgehead atoms. The minimum atomic E-state index is -0.0348. The predicted molar refractivity (Wildman–Crippen MR) is 74.7 cm³/mol. The van der Waals surface area contributed by atoms with E-state index in [1.807, 2.05) is 36.2 Å². The van der Waals surface area contributed by atoms with Crippen LogP contribution in [0.25, 0.3) is 0 Å². The molecule has 0 aliphatic carbocycles. The predicted octanol–water partition coefficient (Wildman–Crippen LogP) is 2.70. The second kappa shape index (κ2) is 5.01. The Morgan fingerprint density at radius 2 is 2.00 bits per heavy atom. The molecule has 1 aromatic carbocycles. The van der Waals surface area contributed by atoms with Crippen LogP contribution in [-0.2, 0) is 4.79 Å². The van der Waals surface area contributed by atoms with Crippen LogP contribution in [0.5, 0.6) is 0 Å². The van der Waals surface area contributed by atoms with Crippen LogP contribution >= 0.6 is 0 Å². The Morgan fingerprint density at radius 3 is 2.67 bits per heavy atom. The largest absolute Gasteiger partial charge is 0.384 e. The number of hydrogen-bond acceptors (Lipinski definition) is 2. The first kappa shape index (κ1) is 12.9. The van der Waals surface area contributed by atoms with Gasteiger partial charge < -0.3 is 10.2 Å². The first-order valence-corrected chi connectivity index (χ1v) is 6.62. The highest BCUT2D eigenvalue weighted by Gasteiger charge is 2.32. The maximum Gasteiger partial charge on any atom is 0.231 e. The summed E-state index contributed by atoms with van der Waals surface area (Å²) in [5, 5.41) is 3.31. The van der Waals surface area contributed by atoms with Crippen LogP contribution in [0, 0.1) is 5.92 Å². The number of fused-ring (bicyclic) bond motifs is 1. The Kier molecular flexibility index (Phi) is 3.60. The fourth-order valence-electron chi connectivity index (χ4n) is 2.40. The number of nitrogens with zero attached hydrogens (tertiary/aromatic N) is 1. The van der Waals surface area contributed by atoms with Crippen LogP contribution in [0.15, 0.2) is 24.3 Å². The zero-order valence-electron chi connectivity index (χ0n) is 11.6. The molecule has 3 heteroatoms. The summed E-state index contributed by atoms with van der Waals surface area (Å²) in [6.45, 7) is 7.12. The van der Waals surface area contributed by atoms with Gasteiger partial charge in [-0.05, 0) is 24.5 Å². The summed E-state index contributed by atoms with van der Waals surface area (Å²) in [5.41, 5.74) is 2.23. The average Bonchev–Trinajstić information content (AvgIpc) is 2.79. The fourth-order valence-corrected chi connectivity index (χ4v) is 2.40. The zero-order chi connectivity index (χ0) is 13.3. The highest BCUT2D eigenvalue weighted by Crippen LogP contribution is 2.32. The number of carbonyl (C=O) groups is 1. The van der Waals surface area contributed by atoms with Crippen molar-refractivity contribution < 1.29 is 4.79 Å². The maximum absolute atomic E-state index is 12.5. The number of amides is 1. The smallest absolute Gasteiger partial charge is 0.231 e. The molecule has 0 radical (unpaired) electrons. The minimum Gasteiger partial charge on any atom is -0.384 e. The fraction of sp³-hybridized carbons (Fsp3) is 0.533. The molecule has 18 heavy (non-hydrogen) atoms. The van der Waals surface area contributed by atoms with Crippen LogP contribution in [0.2, 0.25) is 0 Å². The minimum absolute atomic E-state index is 0.0348. The number of likely N-dealkylation sites (N-methyl/N-ethyl adjacent to an activating group) is 1. The summed E-state index contributed by atoms with van der Waals surface area (Å²) < 4.78 is 0. The molecule has 0 fully saturated rings. The van der Waals surface area contributed by atoms with Gasteiger partial charge in [0.05, 0.1) is 5.92 Å². The zero-order valence-corrected chi connectivity index (χ0v) is 11.6. The van der Waals surface area contributed by atoms with E-state index in [4.69, 9.17) is 0 Å². The van der Waals surface area contributed by atoms with Gasteiger partial charge in [-0.2, -0.15) is 0 Å². The van der Waals surface area contributed by atoms with Crippen molar-refractivity contribution >= 4 is 11.6 Å². The highest BCUT2D eigenvalue weighted by molar-refractivity contribution is 5.88. The summed E-state index contributed by atoms with van der Waals surface area (Å²) in [4.78, 5) is 14.4. The molecule has 1 N–H and O–H groups in total. The summed E-state index contributed by atoms with van der Waals surface area (Å²) in [6, 6.07) is 8.35. The molecule has 1 amide bonds. The molecule has 2 atom stereocenters. The molecule has 98 valence electrons. The van der Waals surface area contributed by atoms with Crippen molar-refractivity contribution in [3.8, 4) is 0 Å². The number of rotatable bonds is 3. The lowest BCUT2D eigenvalue weighted by molar-refractivity contribution is -0.133. The lowest BCUT2D eigenvalue weighted by Gasteiger charge is -2.30. The molecule has 0 saturated heterocycles. The average molecular weight is 246 g/mol. The first-order chi connectivity index (χ1) is 8.52. The van der Waals surface area contributed by atoms with Crippen molar-refractivity contribution in [2.45, 2.75) is 32.7 Å². The second-order valence-corrected chi connectivity index (χ2v) is 5.45. The monoisotopic (exact) mass is 246 g/mol. The Hall–Kier alpha value is -1.51. The molecule has 0 aromatic heterocycles. The van der Waals surface area contributed by atoms with Gasteiger partial charge in [0.1, 0.15) is 0 Å². The van der Waals surface area contributed by atoms with Crippen LogP contribution in [0.4, 0.5) is 5.69 Å². The third-order valence-electron chi connectivity index (χ3n) is 4.05. The molecular weight excluding hydrogens is 224 g/mol. The Labute approximate surface area is 109 Å². The van der Waals surface area contributed by atoms with Crippen LogP contribution in [0.3, 0.4) is 0 Å². The van der Waals surface area contributed by atoms with Gasteiger partial charge >= 0.3 is 0 Å². The quantitative estimate of drug-likeness (QED) is 0.889. The van der Waals surface area contributed by atoms with Crippen molar-refractivity contribution in [1.82, 2.24) is 4.90 Å². The van der Waals surface area contributed by atoms with Crippen LogP contribution in [-0.4, -0.2) is 30.4 Å². The normalized spacial score (nSPS) is 19.3. The molecular formula is C15H22N2O. The standard InChI is InChI=1S/C15H22N2O/c1-10(2)11(3)17(4)15(18)13-9-16-14-8-6-5-7-12(13)14/h5-8,10-11,13,16H,9H2,1-4H3. The number of nitrogens with one attached hydrogen (secondary N) is 1. The van der Waals surface area contributed by atoms with Gasteiger partial charge in [-0.3, -0.25) is 4.79 Å². The summed E-state index contributed by atoms with van der Waals surface area (Å²) in [5.74, 6) is 0.657. The van der Waals surface area contributed by atoms with E-state index in [1.165, 1.54) is 0 Å². The number of carbonyl (C=O) groups excluding carboxylic acids is 1. The SMILES string of the molecule is CC(C)C(C)N(C)C(=O)C1CNc2ccccc21. The molecule has 0 saturated carbocycles. The number of benzene rings is 1. The number of anilines is 1. The molecule has 1 aromatic rings. The van der Waals surface area contributed by atoms with Gasteiger partial charge in [-0.25, -0.2) is 0 Å². The van der Waals surface area contributed by atoms with Crippen molar-refractivity contribution in [1.29, 1.82) is 0 Å². The number of hydrogen-bond donors (Lipinski definition) is 1. The molecule has 2 rings (SSSR count). The van der Waals surface area contributed by atoms with E-state index in [2.05, 4.69) is 26.1 Å². The molecule has 0 spiro atoms. The van der Waals surface area contributed by atoms with E-state index in [0.717, 1.165) is 11.3 Å². The molecule has 1 aliphatic rings. The highest BCUT2D eigenvalue weighted by atomic mass is 16.2. The van der Waals surface area contributed by atoms with Gasteiger partial charge in [0.15, 0.2) is 0 Å². The summed E-state index contributed by atoms with van der Waals surface area (Å²) in [6.07, 6.45) is 0. The van der Waals surface area contributed by atoms with E-state index in [0.29, 0.717) is 12.5 Å². The van der Waals surface area contributed by atoms with Gasteiger partial charge in [0, 0.05) is 25.3 Å². The van der Waals surface area contributed by atoms with E-state index < -0.39 is 0 Å². The van der Waals surface area contributed by atoms with Gasteiger partial charge in [-0.15, -0.1) is 0 Å². The van der Waals surface area contributed by atoms with E-state index in [1.54, 1.807) is 0 Å². The molecule has 1 aliphatic heterocycles. The van der Waals surface area contributed by atoms with Gasteiger partial charge in [0.25, 0.3) is 0 Å². The van der Waals surface area contributed by atoms with E-state index in [9.17, 15) is 4.79 Å². The molecule has 1 heterocycles. The third kappa shape index (κ3) is 2.22. The Morgan fingerprint density at radius 1 is 1.33 bits per heavy atom. The van der Waals surface area contributed by atoms with E-state index >= 15 is 0 Å². The van der Waals surface area contributed by atoms with Crippen molar-refractivity contribution in [2.75, 3.05) is 18.9 Å². The first-order valence-electron chi connectivity index (χ1n) is 6.62. The maximum atomic E-state index is 12.5. The van der Waals surface area contributed by atoms with Crippen molar-refractivity contribution in [3.63, 3.8) is 0 Å². The second-order valence-electron chi connectivity index (χ2n) is 5.45. The summed E-state index contributed by atoms with van der Waals surface area (Å²) in [7, 11) is 1.91. The van der Waals surface area contributed by atoms with E-state index in [-0.39, 0.29) is 17.9 Å². The summed E-state index contributed by atoms with van der Waals surface area (Å²) >= 11 is 0. The third-order valence-corrected chi connectivity index (χ3v) is 4.05. The Balaban J connectivity index is 2.17. The van der Waals surface area contributed by atoms with Crippen molar-refractivity contribution in [2.24, 2.45) is 5.92 Å². The van der Waals surface area contributed by atoms with Crippen molar-refractivity contribution in [3.05, 3.63) is 29.8 Å². The lowest BCUT2D eigenvalue weighted by atomic mass is 9.97. The van der Waals surface area contributed by atoms with Crippen LogP contribution in [0.1, 0.15) is 32.3 Å². The molecule has 3 nitrogen and oxygen atoms in total. The lowest BCUT2D eigenvalue weighted by Crippen LogP contribution is -2.41. The van der Waals surface area contributed by atoms with Gasteiger partial charge in [0.2, 0.25) is 5.91 Å². The van der Waals surface area contributed by atoms with Crippen LogP contribution < -0.4 is 5.32 Å². The van der Waals surface area contributed by atoms with Gasteiger partial charge in [-0.1, -0.05) is 32.0 Å². The molecule has 2 unspecified atom stereocenters. The Bertz CT molecular complexity index is 442. The number of para-hydroxylation sites is 1. The topological polar surface area (TPSA) is 32.3 Å².